The van der Waals surface area contributed by atoms with Gasteiger partial charge in [0.15, 0.2) is 5.82 Å². The molecule has 0 saturated carbocycles. The topological polar surface area (TPSA) is 58.6 Å². The molecule has 0 bridgehead atoms. The van der Waals surface area contributed by atoms with Gasteiger partial charge < -0.3 is 9.84 Å². The highest BCUT2D eigenvalue weighted by Gasteiger charge is 2.11. The smallest absolute Gasteiger partial charge is 0.411 e. The van der Waals surface area contributed by atoms with E-state index >= 15 is 0 Å². The molecule has 0 unspecified atom stereocenters. The van der Waals surface area contributed by atoms with Crippen LogP contribution in [0.3, 0.4) is 0 Å². The average molecular weight is 268 g/mol. The fourth-order valence-corrected chi connectivity index (χ4v) is 1.15. The highest BCUT2D eigenvalue weighted by molar-refractivity contribution is 6.32. The molecule has 2 N–H and O–H groups in total. The number of phenolic OH excluding ortho intramolecular Hbond substituents is 1. The number of rotatable bonds is 3. The number of hydrogen-bond donors (Lipinski definition) is 2. The summed E-state index contributed by atoms with van der Waals surface area (Å²) in [5.74, 6) is -1.07. The summed E-state index contributed by atoms with van der Waals surface area (Å²) in [6, 6.07) is 1.87. The quantitative estimate of drug-likeness (QED) is 0.654. The van der Waals surface area contributed by atoms with E-state index in [1.54, 1.807) is 0 Å². The van der Waals surface area contributed by atoms with Gasteiger partial charge in [-0.1, -0.05) is 11.6 Å². The normalized spacial score (nSPS) is 9.94. The highest BCUT2D eigenvalue weighted by atomic mass is 35.5. The van der Waals surface area contributed by atoms with E-state index in [4.69, 9.17) is 28.3 Å². The SMILES string of the molecule is O=C(Nc1cc(Cl)c(O)cc1F)OCCCl. The fourth-order valence-electron chi connectivity index (χ4n) is 0.909. The van der Waals surface area contributed by atoms with Crippen LogP contribution in [0, 0.1) is 5.82 Å². The molecule has 0 radical (unpaired) electrons. The third kappa shape index (κ3) is 3.43. The summed E-state index contributed by atoms with van der Waals surface area (Å²) < 4.78 is 17.8. The Kier molecular flexibility index (Phi) is 4.64. The van der Waals surface area contributed by atoms with Crippen LogP contribution in [0.2, 0.25) is 5.02 Å². The Morgan fingerprint density at radius 2 is 2.25 bits per heavy atom. The van der Waals surface area contributed by atoms with Crippen molar-refractivity contribution in [3.63, 3.8) is 0 Å². The summed E-state index contributed by atoms with van der Waals surface area (Å²) in [5, 5.41) is 11.1. The lowest BCUT2D eigenvalue weighted by Crippen LogP contribution is -2.15. The predicted octanol–water partition coefficient (Wildman–Crippen LogP) is 2.97. The Morgan fingerprint density at radius 3 is 2.88 bits per heavy atom. The van der Waals surface area contributed by atoms with E-state index in [2.05, 4.69) is 10.1 Å². The summed E-state index contributed by atoms with van der Waals surface area (Å²) in [6.07, 6.45) is -0.846. The molecule has 0 aliphatic carbocycles. The van der Waals surface area contributed by atoms with E-state index in [0.717, 1.165) is 12.1 Å². The minimum Gasteiger partial charge on any atom is -0.506 e. The van der Waals surface area contributed by atoms with Crippen molar-refractivity contribution < 1.29 is 19.0 Å². The lowest BCUT2D eigenvalue weighted by molar-refractivity contribution is 0.168. The van der Waals surface area contributed by atoms with Gasteiger partial charge in [0.25, 0.3) is 0 Å². The molecule has 0 aliphatic heterocycles. The molecule has 0 heterocycles. The predicted molar refractivity (Wildman–Crippen MR) is 58.8 cm³/mol. The number of anilines is 1. The van der Waals surface area contributed by atoms with E-state index in [-0.39, 0.29) is 23.2 Å². The molecule has 0 aliphatic rings. The summed E-state index contributed by atoms with van der Waals surface area (Å²) >= 11 is 10.8. The number of nitrogens with one attached hydrogen (secondary N) is 1. The van der Waals surface area contributed by atoms with Gasteiger partial charge in [-0.15, -0.1) is 11.6 Å². The maximum Gasteiger partial charge on any atom is 0.411 e. The van der Waals surface area contributed by atoms with Gasteiger partial charge in [-0.25, -0.2) is 9.18 Å². The molecule has 0 aromatic heterocycles. The summed E-state index contributed by atoms with van der Waals surface area (Å²) in [4.78, 5) is 11.1. The monoisotopic (exact) mass is 267 g/mol. The van der Waals surface area contributed by atoms with Crippen LogP contribution >= 0.6 is 23.2 Å². The average Bonchev–Trinajstić information content (AvgIpc) is 2.23. The van der Waals surface area contributed by atoms with Gasteiger partial charge in [-0.05, 0) is 6.07 Å². The van der Waals surface area contributed by atoms with Crippen LogP contribution in [0.15, 0.2) is 12.1 Å². The molecule has 7 heteroatoms. The van der Waals surface area contributed by atoms with Gasteiger partial charge in [-0.2, -0.15) is 0 Å². The van der Waals surface area contributed by atoms with Crippen LogP contribution in [0.25, 0.3) is 0 Å². The van der Waals surface area contributed by atoms with Crippen molar-refractivity contribution in [1.29, 1.82) is 0 Å². The minimum atomic E-state index is -0.846. The van der Waals surface area contributed by atoms with Crippen molar-refractivity contribution in [1.82, 2.24) is 0 Å². The summed E-state index contributed by atoms with van der Waals surface area (Å²) in [7, 11) is 0. The first kappa shape index (κ1) is 12.9. The third-order valence-corrected chi connectivity index (χ3v) is 2.04. The zero-order valence-corrected chi connectivity index (χ0v) is 9.48. The number of amides is 1. The Labute approximate surface area is 101 Å². The van der Waals surface area contributed by atoms with Gasteiger partial charge in [0.05, 0.1) is 16.6 Å². The minimum absolute atomic E-state index is 0.0147. The molecule has 0 saturated heterocycles. The molecule has 0 atom stereocenters. The second-order valence-corrected chi connectivity index (χ2v) is 3.52. The van der Waals surface area contributed by atoms with Crippen LogP contribution in [-0.4, -0.2) is 23.7 Å². The van der Waals surface area contributed by atoms with E-state index in [0.29, 0.717) is 0 Å². The molecule has 16 heavy (non-hydrogen) atoms. The van der Waals surface area contributed by atoms with E-state index in [9.17, 15) is 9.18 Å². The number of ether oxygens (including phenoxy) is 1. The zero-order chi connectivity index (χ0) is 12.1. The third-order valence-electron chi connectivity index (χ3n) is 1.58. The van der Waals surface area contributed by atoms with Gasteiger partial charge in [-0.3, -0.25) is 5.32 Å². The van der Waals surface area contributed by atoms with Crippen LogP contribution < -0.4 is 5.32 Å². The van der Waals surface area contributed by atoms with Gasteiger partial charge in [0, 0.05) is 6.07 Å². The lowest BCUT2D eigenvalue weighted by Gasteiger charge is -2.07. The standard InChI is InChI=1S/C9H8Cl2FNO3/c10-1-2-16-9(15)13-7-3-5(11)8(14)4-6(7)12/h3-4,14H,1-2H2,(H,13,15). The molecule has 0 spiro atoms. The molecule has 0 fully saturated rings. The van der Waals surface area contributed by atoms with Crippen molar-refractivity contribution in [3.05, 3.63) is 23.0 Å². The largest absolute Gasteiger partial charge is 0.506 e. The van der Waals surface area contributed by atoms with Crippen LogP contribution in [0.1, 0.15) is 0 Å². The maximum absolute atomic E-state index is 13.2. The van der Waals surface area contributed by atoms with E-state index in [1.807, 2.05) is 0 Å². The van der Waals surface area contributed by atoms with Crippen LogP contribution in [0.5, 0.6) is 5.75 Å². The number of carbonyl (C=O) groups is 1. The maximum atomic E-state index is 13.2. The second kappa shape index (κ2) is 5.77. The first-order valence-electron chi connectivity index (χ1n) is 4.22. The molecule has 1 rings (SSSR count). The van der Waals surface area contributed by atoms with Crippen LogP contribution in [-0.2, 0) is 4.74 Å². The molecular formula is C9H8Cl2FNO3. The summed E-state index contributed by atoms with van der Waals surface area (Å²) in [6.45, 7) is 0.0147. The molecule has 1 aromatic carbocycles. The first-order valence-corrected chi connectivity index (χ1v) is 5.13. The molecule has 88 valence electrons. The number of benzene rings is 1. The van der Waals surface area contributed by atoms with Crippen molar-refractivity contribution in [2.75, 3.05) is 17.8 Å². The van der Waals surface area contributed by atoms with Crippen molar-refractivity contribution in [3.8, 4) is 5.75 Å². The lowest BCUT2D eigenvalue weighted by atomic mass is 10.3. The van der Waals surface area contributed by atoms with Gasteiger partial charge >= 0.3 is 6.09 Å². The van der Waals surface area contributed by atoms with Gasteiger partial charge in [0.1, 0.15) is 12.4 Å². The number of aromatic hydroxyl groups is 1. The number of alkyl halides is 1. The number of hydrogen-bond acceptors (Lipinski definition) is 3. The second-order valence-electron chi connectivity index (χ2n) is 2.73. The zero-order valence-electron chi connectivity index (χ0n) is 7.97. The number of halogens is 3. The molecule has 1 amide bonds. The molecule has 1 aromatic rings. The number of phenols is 1. The van der Waals surface area contributed by atoms with E-state index in [1.165, 1.54) is 0 Å². The first-order chi connectivity index (χ1) is 7.54. The Balaban J connectivity index is 2.73. The molecule has 4 nitrogen and oxygen atoms in total. The van der Waals surface area contributed by atoms with Crippen molar-refractivity contribution in [2.24, 2.45) is 0 Å². The molecular weight excluding hydrogens is 260 g/mol. The fraction of sp³-hybridized carbons (Fsp3) is 0.222. The van der Waals surface area contributed by atoms with E-state index < -0.39 is 17.7 Å². The Hall–Kier alpha value is -1.20. The van der Waals surface area contributed by atoms with Gasteiger partial charge in [0.2, 0.25) is 0 Å². The Bertz CT molecular complexity index is 401. The number of carbonyl (C=O) groups excluding carboxylic acids is 1. The highest BCUT2D eigenvalue weighted by Crippen LogP contribution is 2.29. The van der Waals surface area contributed by atoms with Crippen LogP contribution in [0.4, 0.5) is 14.9 Å². The van der Waals surface area contributed by atoms with Crippen molar-refractivity contribution in [2.45, 2.75) is 0 Å². The van der Waals surface area contributed by atoms with Crippen molar-refractivity contribution >= 4 is 35.0 Å². The summed E-state index contributed by atoms with van der Waals surface area (Å²) in [5.41, 5.74) is -0.178. The Morgan fingerprint density at radius 1 is 1.56 bits per heavy atom.